The smallest absolute Gasteiger partial charge is 0.469 e. The second-order valence-electron chi connectivity index (χ2n) is 43.0. The van der Waals surface area contributed by atoms with Crippen molar-refractivity contribution < 1.29 is 162 Å². The number of ketones is 3. The lowest BCUT2D eigenvalue weighted by molar-refractivity contribution is -0.890. The zero-order valence-electron chi connectivity index (χ0n) is 96.5. The van der Waals surface area contributed by atoms with Gasteiger partial charge >= 0.3 is 29.0 Å². The van der Waals surface area contributed by atoms with E-state index in [9.17, 15) is 101 Å². The predicted octanol–water partition coefficient (Wildman–Crippen LogP) is 13.2. The Morgan fingerprint density at radius 2 is 0.534 bits per heavy atom. The molecule has 0 bridgehead atoms. The van der Waals surface area contributed by atoms with Crippen LogP contribution in [0.4, 0.5) is 0 Å². The first-order valence-corrected chi connectivity index (χ1v) is 61.3. The lowest BCUT2D eigenvalue weighted by Crippen LogP contribution is -2.43. The zero-order chi connectivity index (χ0) is 118. The highest BCUT2D eigenvalue weighted by molar-refractivity contribution is 7.86. The molecule has 0 aliphatic carbocycles. The van der Waals surface area contributed by atoms with Gasteiger partial charge in [0.25, 0.3) is 0 Å². The van der Waals surface area contributed by atoms with Gasteiger partial charge in [-0.2, -0.15) is 0 Å². The number of ether oxygens (including phenoxy) is 3. The molecule has 47 heteroatoms. The molecule has 0 rings (SSSR count). The number of carbonyl (C=O) groups excluding carboxylic acids is 10. The van der Waals surface area contributed by atoms with Crippen molar-refractivity contribution in [2.45, 2.75) is 339 Å². The van der Waals surface area contributed by atoms with E-state index < -0.39 is 76.1 Å². The van der Waals surface area contributed by atoms with E-state index in [1.807, 2.05) is 132 Å². The van der Waals surface area contributed by atoms with E-state index in [-0.39, 0.29) is 116 Å². The summed E-state index contributed by atoms with van der Waals surface area (Å²) in [4.78, 5) is 165. The molecule has 0 aliphatic rings. The highest BCUT2D eigenvalue weighted by Crippen LogP contribution is 2.43. The standard InChI is InChI=1S/C16H29NO4.3C15H32N2O4S.2C12H21NO2.C8H17O6P.2C4H11O3P/c1-5-14(18)8-7-10-20-12-13-21-11-9-17-15(19)16(3,4)6-2;3*1-6-15(2,3)14(18)16-10-9-12-17(4,5)11-7-8-13-22(19,20)21;2*1-5-10(14)8-7-9-13-11(15)12(3,4)6-2;1-4-8(2,3)7(9)13-5-6-14-15(10,11)12;2*1-3-4(2)8(5,6)7/h5H,1,6-13H2,2-4H3,(H,17,19);3*6-13H2,1-5H3,(H-,16,18,19,20,21);2*5H,1,6-9H2,2-4H3,(H,13,15);4-6H2,1-3H3,(H2,10,11,12);2*4H,3H2,1-2H3,(H2,5,6,7). The number of carbonyl (C=O) groups is 10. The quantitative estimate of drug-likeness (QED) is 0.00672. The van der Waals surface area contributed by atoms with Gasteiger partial charge in [-0.15, -0.1) is 0 Å². The molecular formula is C101H206N9O32P3S3. The summed E-state index contributed by atoms with van der Waals surface area (Å²) in [5.41, 5.74) is -3.49. The number of allylic oxidation sites excluding steroid dienone is 3. The molecule has 0 heterocycles. The summed E-state index contributed by atoms with van der Waals surface area (Å²) in [7, 11) is -11.8. The molecule has 12 N–H and O–H groups in total. The van der Waals surface area contributed by atoms with E-state index in [0.29, 0.717) is 162 Å². The monoisotopic (exact) mass is 2250 g/mol. The maximum atomic E-state index is 11.9. The van der Waals surface area contributed by atoms with E-state index in [2.05, 4.69) is 98.4 Å². The Kier molecular flexibility index (Phi) is 88.7. The van der Waals surface area contributed by atoms with Crippen LogP contribution in [0.2, 0.25) is 0 Å². The Hall–Kier alpha value is -5.54. The SMILES string of the molecule is C=CC(=O)CCCNC(=O)C(C)(C)CC.C=CC(=O)CCCNC(=O)C(C)(C)CC.C=CC(=O)CCCOCCOCCNC(=O)C(C)(C)CC.CCC(C)(C)C(=O)NCCC[N+](C)(C)CCCCS(=O)(=O)[O-].CCC(C)(C)C(=O)NCCC[N+](C)(C)CCCCS(=O)(=O)[O-].CCC(C)(C)C(=O)NCCC[N+](C)(C)CCCCS(=O)(=O)[O-].CCC(C)(C)C(=O)OCCOP(=O)(O)O.CCC(C)P(=O)(O)O.CCC(C)P(=O)(O)O. The van der Waals surface area contributed by atoms with E-state index >= 15 is 0 Å². The molecule has 2 atom stereocenters. The van der Waals surface area contributed by atoms with Crippen LogP contribution >= 0.6 is 23.0 Å². The molecule has 0 fully saturated rings. The van der Waals surface area contributed by atoms with Gasteiger partial charge in [0.05, 0.1) is 155 Å². The Balaban J connectivity index is -0.000000213. The highest BCUT2D eigenvalue weighted by Gasteiger charge is 2.33. The van der Waals surface area contributed by atoms with Crippen molar-refractivity contribution in [1.29, 1.82) is 0 Å². The third kappa shape index (κ3) is 99.8. The highest BCUT2D eigenvalue weighted by atomic mass is 32.2. The van der Waals surface area contributed by atoms with Crippen LogP contribution in [-0.4, -0.2) is 330 Å². The third-order valence-electron chi connectivity index (χ3n) is 25.3. The lowest BCUT2D eigenvalue weighted by atomic mass is 9.89. The first-order valence-electron chi connectivity index (χ1n) is 51.7. The number of phosphoric ester groups is 1. The van der Waals surface area contributed by atoms with Crippen LogP contribution in [0.5, 0.6) is 0 Å². The first kappa shape index (κ1) is 160. The number of hydrogen-bond donors (Lipinski definition) is 12. The average molecular weight is 2250 g/mol. The van der Waals surface area contributed by atoms with Crippen molar-refractivity contribution in [3.63, 3.8) is 0 Å². The number of phosphoric acid groups is 1. The van der Waals surface area contributed by atoms with Gasteiger partial charge in [0.1, 0.15) is 6.61 Å². The molecule has 880 valence electrons. The molecule has 2 unspecified atom stereocenters. The van der Waals surface area contributed by atoms with Crippen LogP contribution in [0.3, 0.4) is 0 Å². The van der Waals surface area contributed by atoms with Gasteiger partial charge in [-0.05, 0) is 148 Å². The number of esters is 1. The van der Waals surface area contributed by atoms with Gasteiger partial charge in [-0.3, -0.25) is 61.6 Å². The van der Waals surface area contributed by atoms with E-state index in [1.54, 1.807) is 41.5 Å². The van der Waals surface area contributed by atoms with Crippen LogP contribution in [0.1, 0.15) is 327 Å². The van der Waals surface area contributed by atoms with Gasteiger partial charge in [0, 0.05) is 134 Å². The topological polar surface area (TPSA) is 624 Å². The number of rotatable bonds is 70. The Bertz CT molecular complexity index is 3980. The van der Waals surface area contributed by atoms with Crippen molar-refractivity contribution in [1.82, 2.24) is 31.9 Å². The van der Waals surface area contributed by atoms with Gasteiger partial charge in [-0.1, -0.05) is 179 Å². The van der Waals surface area contributed by atoms with Crippen LogP contribution < -0.4 is 31.9 Å². The van der Waals surface area contributed by atoms with Crippen molar-refractivity contribution >= 4 is 112 Å². The van der Waals surface area contributed by atoms with Crippen LogP contribution in [0.15, 0.2) is 38.0 Å². The van der Waals surface area contributed by atoms with Crippen molar-refractivity contribution in [2.24, 2.45) is 37.9 Å². The first-order chi connectivity index (χ1) is 67.1. The zero-order valence-corrected chi connectivity index (χ0v) is 102. The Labute approximate surface area is 893 Å². The third-order valence-corrected chi connectivity index (χ3v) is 31.2. The van der Waals surface area contributed by atoms with Crippen LogP contribution in [0.25, 0.3) is 0 Å². The lowest BCUT2D eigenvalue weighted by Gasteiger charge is -2.30. The number of unbranched alkanes of at least 4 members (excludes halogenated alkanes) is 3. The molecule has 41 nitrogen and oxygen atoms in total. The summed E-state index contributed by atoms with van der Waals surface area (Å²) in [5.74, 6) is -0.746. The largest absolute Gasteiger partial charge is 0.748 e. The van der Waals surface area contributed by atoms with Gasteiger partial charge in [0.15, 0.2) is 17.3 Å². The molecule has 0 aliphatic heterocycles. The maximum absolute atomic E-state index is 11.9. The predicted molar refractivity (Wildman–Crippen MR) is 585 cm³/mol. The van der Waals surface area contributed by atoms with Crippen LogP contribution in [0, 0.1) is 37.9 Å². The minimum atomic E-state index is -4.46. The van der Waals surface area contributed by atoms with Gasteiger partial charge < -0.3 is 103 Å². The minimum absolute atomic E-state index is 0.0269. The molecule has 0 aromatic rings. The molecule has 0 aromatic carbocycles. The van der Waals surface area contributed by atoms with E-state index in [4.69, 9.17) is 43.6 Å². The van der Waals surface area contributed by atoms with Crippen molar-refractivity contribution in [3.05, 3.63) is 38.0 Å². The van der Waals surface area contributed by atoms with Gasteiger partial charge in [0.2, 0.25) is 35.4 Å². The normalized spacial score (nSPS) is 12.7. The Morgan fingerprint density at radius 3 is 0.736 bits per heavy atom. The fraction of sp³-hybridized carbons (Fsp3) is 0.842. The van der Waals surface area contributed by atoms with E-state index in [1.165, 1.54) is 18.2 Å². The minimum Gasteiger partial charge on any atom is -0.748 e. The van der Waals surface area contributed by atoms with E-state index in [0.717, 1.165) is 111 Å². The fourth-order valence-electron chi connectivity index (χ4n) is 10.6. The molecule has 0 saturated carbocycles. The van der Waals surface area contributed by atoms with Crippen molar-refractivity contribution in [2.75, 3.05) is 178 Å². The number of nitrogens with zero attached hydrogens (tertiary/aromatic N) is 3. The molecule has 0 radical (unpaired) electrons. The molecule has 148 heavy (non-hydrogen) atoms. The Morgan fingerprint density at radius 1 is 0.318 bits per heavy atom. The number of quaternary nitrogens is 3. The van der Waals surface area contributed by atoms with Gasteiger partial charge in [-0.25, -0.2) is 29.8 Å². The fourth-order valence-corrected chi connectivity index (χ4v) is 13.5. The summed E-state index contributed by atoms with van der Waals surface area (Å²) >= 11 is 0. The maximum Gasteiger partial charge on any atom is 0.469 e. The summed E-state index contributed by atoms with van der Waals surface area (Å²) in [6.07, 6.45) is 19.9. The van der Waals surface area contributed by atoms with Crippen molar-refractivity contribution in [3.8, 4) is 0 Å². The number of nitrogens with one attached hydrogen (secondary N) is 6. The summed E-state index contributed by atoms with van der Waals surface area (Å²) in [6, 6.07) is 0. The molecular weight excluding hydrogens is 2040 g/mol. The second kappa shape index (κ2) is 82.0. The number of hydrogen-bond acceptors (Lipinski definition) is 26. The average Bonchev–Trinajstić information content (AvgIpc) is 0.892. The summed E-state index contributed by atoms with van der Waals surface area (Å²) < 4.78 is 147. The molecule has 0 spiro atoms. The summed E-state index contributed by atoms with van der Waals surface area (Å²) in [6.45, 7) is 67.5. The molecule has 0 saturated heterocycles. The molecule has 6 amide bonds. The summed E-state index contributed by atoms with van der Waals surface area (Å²) in [5, 5.41) is 17.4. The number of amides is 6. The second-order valence-corrected chi connectivity index (χ2v) is 52.9. The molecule has 0 aromatic heterocycles. The van der Waals surface area contributed by atoms with Crippen LogP contribution in [-0.2, 0) is 111 Å².